The lowest BCUT2D eigenvalue weighted by atomic mass is 10.2. The van der Waals surface area contributed by atoms with Gasteiger partial charge in [-0.25, -0.2) is 23.7 Å². The SMILES string of the molecule is O=P(O)(O)OP(=O)(O)OP(=O)(O)OCC1OC(n2cnc3cnc(Cl)nc32)CC1O. The Kier molecular flexibility index (Phi) is 6.83. The lowest BCUT2D eigenvalue weighted by Crippen LogP contribution is -2.26. The molecule has 0 bridgehead atoms. The highest BCUT2D eigenvalue weighted by atomic mass is 35.5. The summed E-state index contributed by atoms with van der Waals surface area (Å²) in [7, 11) is -16.5. The van der Waals surface area contributed by atoms with E-state index >= 15 is 0 Å². The van der Waals surface area contributed by atoms with Gasteiger partial charge in [-0.05, 0) is 11.6 Å². The lowest BCUT2D eigenvalue weighted by Gasteiger charge is -2.19. The number of aromatic nitrogens is 4. The zero-order valence-corrected chi connectivity index (χ0v) is 17.8. The molecule has 0 aromatic carbocycles. The number of hydrogen-bond acceptors (Lipinski definition) is 11. The van der Waals surface area contributed by atoms with Gasteiger partial charge in [-0.1, -0.05) is 0 Å². The third-order valence-corrected chi connectivity index (χ3v) is 7.60. The molecule has 1 aliphatic heterocycles. The summed E-state index contributed by atoms with van der Waals surface area (Å²) in [6.45, 7) is -0.788. The molecule has 5 unspecified atom stereocenters. The first-order valence-corrected chi connectivity index (χ1v) is 12.6. The van der Waals surface area contributed by atoms with Crippen LogP contribution < -0.4 is 0 Å². The van der Waals surface area contributed by atoms with E-state index < -0.39 is 48.5 Å². The summed E-state index contributed by atoms with van der Waals surface area (Å²) in [5.74, 6) is 0. The molecule has 30 heavy (non-hydrogen) atoms. The Hall–Kier alpha value is -0.830. The molecule has 1 fully saturated rings. The zero-order chi connectivity index (χ0) is 22.3. The van der Waals surface area contributed by atoms with Crippen LogP contribution >= 0.6 is 35.1 Å². The predicted octanol–water partition coefficient (Wildman–Crippen LogP) is 0.471. The van der Waals surface area contributed by atoms with Crippen molar-refractivity contribution in [3.63, 3.8) is 0 Å². The van der Waals surface area contributed by atoms with Gasteiger partial charge in [0.1, 0.15) is 17.8 Å². The van der Waals surface area contributed by atoms with Crippen molar-refractivity contribution in [1.82, 2.24) is 19.5 Å². The number of phosphoric ester groups is 1. The summed E-state index contributed by atoms with van der Waals surface area (Å²) >= 11 is 5.76. The number of imidazole rings is 1. The Morgan fingerprint density at radius 1 is 1.17 bits per heavy atom. The molecule has 1 saturated heterocycles. The molecule has 0 amide bonds. The number of nitrogens with zero attached hydrogens (tertiary/aromatic N) is 4. The van der Waals surface area contributed by atoms with Crippen LogP contribution in [-0.2, 0) is 31.6 Å². The Balaban J connectivity index is 1.64. The lowest BCUT2D eigenvalue weighted by molar-refractivity contribution is -0.0423. The summed E-state index contributed by atoms with van der Waals surface area (Å²) < 4.78 is 52.3. The van der Waals surface area contributed by atoms with Gasteiger partial charge >= 0.3 is 23.5 Å². The summed E-state index contributed by atoms with van der Waals surface area (Å²) in [4.78, 5) is 47.4. The topological polar surface area (TPSA) is 233 Å². The van der Waals surface area contributed by atoms with Crippen molar-refractivity contribution >= 4 is 46.2 Å². The van der Waals surface area contributed by atoms with Crippen molar-refractivity contribution in [1.29, 1.82) is 0 Å². The van der Waals surface area contributed by atoms with Crippen LogP contribution in [0.5, 0.6) is 0 Å². The minimum atomic E-state index is -5.64. The van der Waals surface area contributed by atoms with E-state index in [9.17, 15) is 23.7 Å². The summed E-state index contributed by atoms with van der Waals surface area (Å²) in [5.41, 5.74) is 0.704. The van der Waals surface area contributed by atoms with Crippen LogP contribution in [0.15, 0.2) is 12.5 Å². The summed E-state index contributed by atoms with van der Waals surface area (Å²) in [5, 5.41) is 10.1. The second-order valence-corrected chi connectivity index (χ2v) is 10.6. The van der Waals surface area contributed by atoms with Gasteiger partial charge in [-0.2, -0.15) is 13.6 Å². The van der Waals surface area contributed by atoms with Crippen LogP contribution in [0.25, 0.3) is 11.2 Å². The quantitative estimate of drug-likeness (QED) is 0.240. The van der Waals surface area contributed by atoms with E-state index in [0.717, 1.165) is 0 Å². The molecule has 20 heteroatoms. The largest absolute Gasteiger partial charge is 0.490 e. The predicted molar refractivity (Wildman–Crippen MR) is 94.7 cm³/mol. The van der Waals surface area contributed by atoms with Gasteiger partial charge in [0.25, 0.3) is 0 Å². The van der Waals surface area contributed by atoms with Crippen molar-refractivity contribution in [2.75, 3.05) is 6.61 Å². The first-order valence-electron chi connectivity index (χ1n) is 7.72. The maximum atomic E-state index is 11.8. The molecule has 0 saturated carbocycles. The summed E-state index contributed by atoms with van der Waals surface area (Å²) in [6.07, 6.45) is -0.466. The molecule has 168 valence electrons. The number of ether oxygens (including phenoxy) is 1. The van der Waals surface area contributed by atoms with Gasteiger partial charge in [0.05, 0.1) is 25.2 Å². The van der Waals surface area contributed by atoms with Gasteiger partial charge in [-0.15, -0.1) is 0 Å². The first-order chi connectivity index (χ1) is 13.7. The molecule has 5 N–H and O–H groups in total. The van der Waals surface area contributed by atoms with Crippen molar-refractivity contribution in [2.45, 2.75) is 24.9 Å². The van der Waals surface area contributed by atoms with Crippen LogP contribution in [0.4, 0.5) is 0 Å². The monoisotopic (exact) mass is 510 g/mol. The van der Waals surface area contributed by atoms with Gasteiger partial charge in [0.15, 0.2) is 5.65 Å². The van der Waals surface area contributed by atoms with Gasteiger partial charge < -0.3 is 29.4 Å². The molecule has 0 spiro atoms. The number of hydrogen-bond donors (Lipinski definition) is 5. The Labute approximate surface area is 171 Å². The molecule has 2 aromatic heterocycles. The molecule has 16 nitrogen and oxygen atoms in total. The Morgan fingerprint density at radius 2 is 1.87 bits per heavy atom. The van der Waals surface area contributed by atoms with E-state index in [4.69, 9.17) is 31.0 Å². The number of phosphoric acid groups is 3. The molecular weight excluding hydrogens is 497 g/mol. The van der Waals surface area contributed by atoms with Crippen LogP contribution in [-0.4, -0.2) is 63.0 Å². The van der Waals surface area contributed by atoms with Gasteiger partial charge in [0, 0.05) is 6.42 Å². The molecule has 0 aliphatic carbocycles. The number of halogens is 1. The smallest absolute Gasteiger partial charge is 0.390 e. The second-order valence-electron chi connectivity index (χ2n) is 5.82. The van der Waals surface area contributed by atoms with Crippen molar-refractivity contribution in [3.05, 3.63) is 17.8 Å². The first kappa shape index (κ1) is 23.8. The summed E-state index contributed by atoms with van der Waals surface area (Å²) in [6, 6.07) is 0. The van der Waals surface area contributed by atoms with Crippen LogP contribution in [0.2, 0.25) is 5.28 Å². The molecule has 3 rings (SSSR count). The molecular formula is C10H14ClN4O12P3. The highest BCUT2D eigenvalue weighted by Gasteiger charge is 2.43. The van der Waals surface area contributed by atoms with Crippen molar-refractivity contribution < 1.29 is 56.3 Å². The number of aliphatic hydroxyl groups excluding tert-OH is 1. The van der Waals surface area contributed by atoms with Gasteiger partial charge in [-0.3, -0.25) is 9.09 Å². The van der Waals surface area contributed by atoms with E-state index in [1.807, 2.05) is 0 Å². The average Bonchev–Trinajstić information content (AvgIpc) is 3.12. The molecule has 3 heterocycles. The number of rotatable bonds is 8. The molecule has 0 radical (unpaired) electrons. The second kappa shape index (κ2) is 8.60. The van der Waals surface area contributed by atoms with E-state index in [1.165, 1.54) is 17.1 Å². The molecule has 5 atom stereocenters. The van der Waals surface area contributed by atoms with Crippen LogP contribution in [0.1, 0.15) is 12.6 Å². The van der Waals surface area contributed by atoms with Crippen LogP contribution in [0, 0.1) is 0 Å². The normalized spacial score (nSPS) is 26.5. The third-order valence-electron chi connectivity index (χ3n) is 3.62. The minimum Gasteiger partial charge on any atom is -0.390 e. The fourth-order valence-electron chi connectivity index (χ4n) is 2.52. The van der Waals surface area contributed by atoms with Crippen molar-refractivity contribution in [2.24, 2.45) is 0 Å². The third kappa shape index (κ3) is 6.11. The van der Waals surface area contributed by atoms with E-state index in [2.05, 4.69) is 28.1 Å². The number of aliphatic hydroxyl groups is 1. The van der Waals surface area contributed by atoms with E-state index in [1.54, 1.807) is 0 Å². The molecule has 2 aromatic rings. The highest BCUT2D eigenvalue weighted by molar-refractivity contribution is 7.66. The number of fused-ring (bicyclic) bond motifs is 1. The Morgan fingerprint density at radius 3 is 2.53 bits per heavy atom. The standard InChI is InChI=1S/C10H14ClN4O12P3/c11-10-12-2-5-9(14-10)15(4-13-5)8-1-6(16)7(25-8)3-24-29(20,21)27-30(22,23)26-28(17,18)19/h2,4,6-8,16H,1,3H2,(H,20,21)(H,22,23)(H2,17,18,19). The minimum absolute atomic E-state index is 0.00247. The fourth-order valence-corrected chi connectivity index (χ4v) is 5.68. The maximum Gasteiger partial charge on any atom is 0.490 e. The molecule has 1 aliphatic rings. The highest BCUT2D eigenvalue weighted by Crippen LogP contribution is 2.66. The van der Waals surface area contributed by atoms with E-state index in [0.29, 0.717) is 11.2 Å². The van der Waals surface area contributed by atoms with Crippen molar-refractivity contribution in [3.8, 4) is 0 Å². The van der Waals surface area contributed by atoms with Gasteiger partial charge in [0.2, 0.25) is 5.28 Å². The van der Waals surface area contributed by atoms with Crippen LogP contribution in [0.3, 0.4) is 0 Å². The Bertz CT molecular complexity index is 1080. The fraction of sp³-hybridized carbons (Fsp3) is 0.500. The average molecular weight is 511 g/mol. The zero-order valence-electron chi connectivity index (χ0n) is 14.4. The maximum absolute atomic E-state index is 11.8. The van der Waals surface area contributed by atoms with E-state index in [-0.39, 0.29) is 11.7 Å².